The third-order valence-corrected chi connectivity index (χ3v) is 6.11. The van der Waals surface area contributed by atoms with Gasteiger partial charge < -0.3 is 15.4 Å². The van der Waals surface area contributed by atoms with Gasteiger partial charge in [-0.1, -0.05) is 30.3 Å². The maximum atomic E-state index is 12.9. The molecule has 0 heterocycles. The van der Waals surface area contributed by atoms with Crippen molar-refractivity contribution in [3.8, 4) is 5.75 Å². The van der Waals surface area contributed by atoms with E-state index in [4.69, 9.17) is 4.74 Å². The van der Waals surface area contributed by atoms with Crippen molar-refractivity contribution in [2.75, 3.05) is 10.6 Å². The van der Waals surface area contributed by atoms with Crippen LogP contribution in [0.5, 0.6) is 5.75 Å². The van der Waals surface area contributed by atoms with Crippen molar-refractivity contribution in [3.63, 3.8) is 0 Å². The fourth-order valence-electron chi connectivity index (χ4n) is 3.06. The number of alkyl halides is 3. The lowest BCUT2D eigenvalue weighted by molar-refractivity contribution is -0.0436. The normalized spacial score (nSPS) is 11.7. The second-order valence-electron chi connectivity index (χ2n) is 7.59. The number of nitrogens with one attached hydrogen (secondary N) is 2. The van der Waals surface area contributed by atoms with E-state index in [0.717, 1.165) is 12.1 Å². The topological polar surface area (TPSA) is 102 Å². The molecule has 2 N–H and O–H groups in total. The summed E-state index contributed by atoms with van der Waals surface area (Å²) in [5.41, 5.74) is -5.28. The van der Waals surface area contributed by atoms with Crippen LogP contribution in [0.15, 0.2) is 77.7 Å². The molecule has 0 fully saturated rings. The summed E-state index contributed by atoms with van der Waals surface area (Å²) in [6, 6.07) is 16.4. The van der Waals surface area contributed by atoms with Gasteiger partial charge in [0.1, 0.15) is 5.75 Å². The van der Waals surface area contributed by atoms with Gasteiger partial charge in [-0.25, -0.2) is 8.42 Å². The smallest absolute Gasteiger partial charge is 0.490 e. The average molecular weight is 507 g/mol. The molecule has 0 radical (unpaired) electrons. The molecule has 184 valence electrons. The molecule has 11 heteroatoms. The van der Waals surface area contributed by atoms with Crippen LogP contribution < -0.4 is 15.4 Å². The molecule has 0 bridgehead atoms. The zero-order chi connectivity index (χ0) is 25.8. The summed E-state index contributed by atoms with van der Waals surface area (Å²) in [6.07, 6.45) is -0.182. The standard InChI is InChI=1S/C24H21F3N2O5S/c1-15(2)34-21-13-6-4-11-19(21)23(31)29-20-12-5-3-10-18(20)22(30)28-16-8-7-9-17(14-16)35(32,33)24(25,26)27/h3-15H,1-2H3,(H,28,30)(H,29,31). The molecule has 35 heavy (non-hydrogen) atoms. The van der Waals surface area contributed by atoms with Gasteiger partial charge >= 0.3 is 5.51 Å². The lowest BCUT2D eigenvalue weighted by atomic mass is 10.1. The Morgan fingerprint density at radius 3 is 2.09 bits per heavy atom. The number of hydrogen-bond donors (Lipinski definition) is 2. The van der Waals surface area contributed by atoms with Crippen molar-refractivity contribution < 1.29 is 35.9 Å². The number of halogens is 3. The van der Waals surface area contributed by atoms with Crippen LogP contribution in [0.25, 0.3) is 0 Å². The minimum atomic E-state index is -5.59. The lowest BCUT2D eigenvalue weighted by Gasteiger charge is -2.15. The zero-order valence-corrected chi connectivity index (χ0v) is 19.4. The SMILES string of the molecule is CC(C)Oc1ccccc1C(=O)Nc1ccccc1C(=O)Nc1cccc(S(=O)(=O)C(F)(F)F)c1. The fourth-order valence-corrected chi connectivity index (χ4v) is 3.87. The summed E-state index contributed by atoms with van der Waals surface area (Å²) in [5.74, 6) is -0.960. The summed E-state index contributed by atoms with van der Waals surface area (Å²) in [7, 11) is -5.59. The first-order valence-corrected chi connectivity index (χ1v) is 11.8. The highest BCUT2D eigenvalue weighted by molar-refractivity contribution is 7.92. The van der Waals surface area contributed by atoms with Crippen LogP contribution in [0, 0.1) is 0 Å². The largest absolute Gasteiger partial charge is 0.501 e. The van der Waals surface area contributed by atoms with E-state index in [0.29, 0.717) is 11.8 Å². The molecule has 0 saturated carbocycles. The van der Waals surface area contributed by atoms with Gasteiger partial charge in [0, 0.05) is 5.69 Å². The summed E-state index contributed by atoms with van der Waals surface area (Å²) >= 11 is 0. The zero-order valence-electron chi connectivity index (χ0n) is 18.6. The number of benzene rings is 3. The van der Waals surface area contributed by atoms with Crippen molar-refractivity contribution in [1.29, 1.82) is 0 Å². The second kappa shape index (κ2) is 10.2. The van der Waals surface area contributed by atoms with E-state index < -0.39 is 32.1 Å². The summed E-state index contributed by atoms with van der Waals surface area (Å²) in [6.45, 7) is 3.62. The average Bonchev–Trinajstić information content (AvgIpc) is 2.78. The van der Waals surface area contributed by atoms with E-state index in [2.05, 4.69) is 10.6 Å². The Labute approximate surface area is 199 Å². The quantitative estimate of drug-likeness (QED) is 0.455. The van der Waals surface area contributed by atoms with E-state index in [1.54, 1.807) is 30.3 Å². The molecule has 3 aromatic rings. The Balaban J connectivity index is 1.85. The highest BCUT2D eigenvalue weighted by Crippen LogP contribution is 2.31. The Morgan fingerprint density at radius 1 is 0.829 bits per heavy atom. The van der Waals surface area contributed by atoms with E-state index >= 15 is 0 Å². The van der Waals surface area contributed by atoms with E-state index in [-0.39, 0.29) is 28.6 Å². The van der Waals surface area contributed by atoms with Gasteiger partial charge in [-0.2, -0.15) is 13.2 Å². The Kier molecular flexibility index (Phi) is 7.49. The highest BCUT2D eigenvalue weighted by Gasteiger charge is 2.46. The molecular weight excluding hydrogens is 485 g/mol. The van der Waals surface area contributed by atoms with E-state index in [9.17, 15) is 31.2 Å². The van der Waals surface area contributed by atoms with Crippen LogP contribution in [0.1, 0.15) is 34.6 Å². The van der Waals surface area contributed by atoms with E-state index in [1.807, 2.05) is 13.8 Å². The van der Waals surface area contributed by atoms with Gasteiger partial charge in [0.05, 0.1) is 27.8 Å². The molecule has 0 atom stereocenters. The molecule has 0 aromatic heterocycles. The number of ether oxygens (including phenoxy) is 1. The Morgan fingerprint density at radius 2 is 1.43 bits per heavy atom. The molecule has 7 nitrogen and oxygen atoms in total. The third-order valence-electron chi connectivity index (χ3n) is 4.62. The van der Waals surface area contributed by atoms with Crippen molar-refractivity contribution in [2.45, 2.75) is 30.4 Å². The van der Waals surface area contributed by atoms with Crippen molar-refractivity contribution in [1.82, 2.24) is 0 Å². The minimum Gasteiger partial charge on any atom is -0.490 e. The molecule has 0 aliphatic rings. The van der Waals surface area contributed by atoms with Gasteiger partial charge in [-0.05, 0) is 56.3 Å². The molecular formula is C24H21F3N2O5S. The molecule has 0 spiro atoms. The maximum Gasteiger partial charge on any atom is 0.501 e. The van der Waals surface area contributed by atoms with Gasteiger partial charge in [-0.3, -0.25) is 9.59 Å². The summed E-state index contributed by atoms with van der Waals surface area (Å²) in [5, 5.41) is 5.00. The van der Waals surface area contributed by atoms with Crippen molar-refractivity contribution in [2.24, 2.45) is 0 Å². The Hall–Kier alpha value is -3.86. The first-order chi connectivity index (χ1) is 16.4. The maximum absolute atomic E-state index is 12.9. The third kappa shape index (κ3) is 5.99. The monoisotopic (exact) mass is 506 g/mol. The summed E-state index contributed by atoms with van der Waals surface area (Å²) < 4.78 is 67.6. The number of anilines is 2. The number of carbonyl (C=O) groups is 2. The molecule has 0 unspecified atom stereocenters. The predicted octanol–water partition coefficient (Wildman–Crippen LogP) is 5.27. The van der Waals surface area contributed by atoms with Crippen LogP contribution >= 0.6 is 0 Å². The van der Waals surface area contributed by atoms with Gasteiger partial charge in [0.25, 0.3) is 21.7 Å². The second-order valence-corrected chi connectivity index (χ2v) is 9.53. The van der Waals surface area contributed by atoms with Gasteiger partial charge in [0.15, 0.2) is 0 Å². The van der Waals surface area contributed by atoms with Crippen molar-refractivity contribution >= 4 is 33.0 Å². The molecule has 0 saturated heterocycles. The number of sulfone groups is 1. The van der Waals surface area contributed by atoms with Crippen LogP contribution in [-0.2, 0) is 9.84 Å². The number of para-hydroxylation sites is 2. The molecule has 0 aliphatic carbocycles. The molecule has 0 aliphatic heterocycles. The van der Waals surface area contributed by atoms with Crippen LogP contribution in [0.4, 0.5) is 24.5 Å². The molecule has 3 aromatic carbocycles. The first-order valence-electron chi connectivity index (χ1n) is 10.3. The van der Waals surface area contributed by atoms with Crippen molar-refractivity contribution in [3.05, 3.63) is 83.9 Å². The minimum absolute atomic E-state index is 0.00666. The molecule has 3 rings (SSSR count). The predicted molar refractivity (Wildman–Crippen MR) is 124 cm³/mol. The van der Waals surface area contributed by atoms with Crippen LogP contribution in [-0.4, -0.2) is 31.8 Å². The van der Waals surface area contributed by atoms with Crippen LogP contribution in [0.2, 0.25) is 0 Å². The highest BCUT2D eigenvalue weighted by atomic mass is 32.2. The van der Waals surface area contributed by atoms with E-state index in [1.165, 1.54) is 24.3 Å². The summed E-state index contributed by atoms with van der Waals surface area (Å²) in [4.78, 5) is 24.8. The number of hydrogen-bond acceptors (Lipinski definition) is 5. The van der Waals surface area contributed by atoms with Crippen LogP contribution in [0.3, 0.4) is 0 Å². The number of rotatable bonds is 7. The number of amides is 2. The fraction of sp³-hybridized carbons (Fsp3) is 0.167. The lowest BCUT2D eigenvalue weighted by Crippen LogP contribution is -2.23. The van der Waals surface area contributed by atoms with Gasteiger partial charge in [0.2, 0.25) is 0 Å². The van der Waals surface area contributed by atoms with Gasteiger partial charge in [-0.15, -0.1) is 0 Å². The molecule has 2 amide bonds. The first kappa shape index (κ1) is 25.8. The Bertz CT molecular complexity index is 1360. The number of carbonyl (C=O) groups excluding carboxylic acids is 2.